The van der Waals surface area contributed by atoms with E-state index in [1.165, 1.54) is 10.7 Å². The van der Waals surface area contributed by atoms with Gasteiger partial charge in [-0.15, -0.1) is 0 Å². The van der Waals surface area contributed by atoms with Gasteiger partial charge >= 0.3 is 0 Å². The number of rotatable bonds is 2. The fourth-order valence-corrected chi connectivity index (χ4v) is 4.14. The van der Waals surface area contributed by atoms with Crippen LogP contribution in [-0.2, 0) is 24.8 Å². The highest BCUT2D eigenvalue weighted by atomic mass is 19.1. The van der Waals surface area contributed by atoms with Gasteiger partial charge in [0.25, 0.3) is 5.56 Å². The SMILES string of the molecule is Cn1nc2c(cc1=O)CN(C(=O)C1CCN(c3ccc(C#N)cc3F)CC1)CC2. The lowest BCUT2D eigenvalue weighted by Crippen LogP contribution is -2.45. The number of piperidine rings is 1. The summed E-state index contributed by atoms with van der Waals surface area (Å²) in [6, 6.07) is 7.99. The van der Waals surface area contributed by atoms with E-state index in [-0.39, 0.29) is 17.4 Å². The summed E-state index contributed by atoms with van der Waals surface area (Å²) in [5.74, 6) is -0.416. The molecule has 2 aliphatic heterocycles. The Morgan fingerprint density at radius 3 is 2.69 bits per heavy atom. The van der Waals surface area contributed by atoms with Gasteiger partial charge in [0.1, 0.15) is 5.82 Å². The number of hydrogen-bond acceptors (Lipinski definition) is 5. The second-order valence-corrected chi connectivity index (χ2v) is 7.63. The molecule has 0 spiro atoms. The number of nitriles is 1. The Kier molecular flexibility index (Phi) is 5.05. The summed E-state index contributed by atoms with van der Waals surface area (Å²) in [5, 5.41) is 13.2. The first-order chi connectivity index (χ1) is 14.0. The lowest BCUT2D eigenvalue weighted by atomic mass is 9.93. The zero-order chi connectivity index (χ0) is 20.5. The third-order valence-corrected chi connectivity index (χ3v) is 5.81. The topological polar surface area (TPSA) is 82.2 Å². The highest BCUT2D eigenvalue weighted by Gasteiger charge is 2.31. The van der Waals surface area contributed by atoms with Gasteiger partial charge in [-0.1, -0.05) is 0 Å². The van der Waals surface area contributed by atoms with Gasteiger partial charge in [0.15, 0.2) is 0 Å². The number of carbonyl (C=O) groups excluding carboxylic acids is 1. The van der Waals surface area contributed by atoms with Crippen molar-refractivity contribution in [1.29, 1.82) is 5.26 Å². The molecule has 0 N–H and O–H groups in total. The second kappa shape index (κ2) is 7.66. The Hall–Kier alpha value is -3.21. The lowest BCUT2D eigenvalue weighted by molar-refractivity contribution is -0.137. The summed E-state index contributed by atoms with van der Waals surface area (Å²) >= 11 is 0. The van der Waals surface area contributed by atoms with Crippen molar-refractivity contribution < 1.29 is 9.18 Å². The summed E-state index contributed by atoms with van der Waals surface area (Å²) in [7, 11) is 1.63. The number of nitrogens with zero attached hydrogens (tertiary/aromatic N) is 5. The van der Waals surface area contributed by atoms with Crippen molar-refractivity contribution in [2.45, 2.75) is 25.8 Å². The third kappa shape index (κ3) is 3.73. The van der Waals surface area contributed by atoms with E-state index >= 15 is 0 Å². The highest BCUT2D eigenvalue weighted by molar-refractivity contribution is 5.79. The molecule has 2 aliphatic rings. The Balaban J connectivity index is 1.40. The number of aryl methyl sites for hydroxylation is 1. The average molecular weight is 395 g/mol. The van der Waals surface area contributed by atoms with Crippen LogP contribution in [0.4, 0.5) is 10.1 Å². The van der Waals surface area contributed by atoms with Crippen LogP contribution >= 0.6 is 0 Å². The van der Waals surface area contributed by atoms with Gasteiger partial charge in [-0.2, -0.15) is 10.4 Å². The normalized spacial score (nSPS) is 17.0. The molecule has 2 aromatic rings. The van der Waals surface area contributed by atoms with Gasteiger partial charge in [0.2, 0.25) is 5.91 Å². The first-order valence-electron chi connectivity index (χ1n) is 9.76. The molecule has 7 nitrogen and oxygen atoms in total. The molecule has 0 unspecified atom stereocenters. The van der Waals surface area contributed by atoms with Crippen molar-refractivity contribution in [3.8, 4) is 6.07 Å². The smallest absolute Gasteiger partial charge is 0.266 e. The minimum Gasteiger partial charge on any atom is -0.369 e. The number of aromatic nitrogens is 2. The largest absolute Gasteiger partial charge is 0.369 e. The fraction of sp³-hybridized carbons (Fsp3) is 0.429. The Bertz CT molecular complexity index is 1050. The molecule has 8 heteroatoms. The quantitative estimate of drug-likeness (QED) is 0.771. The van der Waals surface area contributed by atoms with E-state index in [9.17, 15) is 14.0 Å². The van der Waals surface area contributed by atoms with Crippen molar-refractivity contribution in [3.63, 3.8) is 0 Å². The van der Waals surface area contributed by atoms with Crippen LogP contribution in [0.5, 0.6) is 0 Å². The van der Waals surface area contributed by atoms with Gasteiger partial charge in [-0.3, -0.25) is 9.59 Å². The zero-order valence-electron chi connectivity index (χ0n) is 16.3. The molecular formula is C21H22FN5O2. The van der Waals surface area contributed by atoms with Crippen molar-refractivity contribution in [2.24, 2.45) is 13.0 Å². The van der Waals surface area contributed by atoms with E-state index in [2.05, 4.69) is 5.10 Å². The van der Waals surface area contributed by atoms with Gasteiger partial charge in [0, 0.05) is 57.2 Å². The number of halogens is 1. The van der Waals surface area contributed by atoms with Gasteiger partial charge in [-0.05, 0) is 31.0 Å². The average Bonchev–Trinajstić information content (AvgIpc) is 2.74. The summed E-state index contributed by atoms with van der Waals surface area (Å²) in [6.07, 6.45) is 1.94. The summed E-state index contributed by atoms with van der Waals surface area (Å²) in [4.78, 5) is 28.6. The molecule has 1 fully saturated rings. The van der Waals surface area contributed by atoms with E-state index < -0.39 is 5.82 Å². The summed E-state index contributed by atoms with van der Waals surface area (Å²) in [6.45, 7) is 2.20. The molecule has 0 radical (unpaired) electrons. The zero-order valence-corrected chi connectivity index (χ0v) is 16.3. The highest BCUT2D eigenvalue weighted by Crippen LogP contribution is 2.28. The molecule has 0 saturated carbocycles. The first-order valence-corrected chi connectivity index (χ1v) is 9.76. The van der Waals surface area contributed by atoms with E-state index in [1.54, 1.807) is 25.2 Å². The maximum atomic E-state index is 14.3. The molecular weight excluding hydrogens is 373 g/mol. The monoisotopic (exact) mass is 395 g/mol. The number of fused-ring (bicyclic) bond motifs is 1. The maximum Gasteiger partial charge on any atom is 0.266 e. The molecule has 0 atom stereocenters. The van der Waals surface area contributed by atoms with Crippen molar-refractivity contribution >= 4 is 11.6 Å². The first kappa shape index (κ1) is 19.1. The molecule has 150 valence electrons. The number of benzene rings is 1. The Labute approximate surface area is 168 Å². The predicted molar refractivity (Wildman–Crippen MR) is 105 cm³/mol. The van der Waals surface area contributed by atoms with Crippen molar-refractivity contribution in [2.75, 3.05) is 24.5 Å². The number of carbonyl (C=O) groups is 1. The number of hydrogen-bond donors (Lipinski definition) is 0. The standard InChI is InChI=1S/C21H22FN5O2/c1-25-20(28)11-16-13-27(9-6-18(16)24-25)21(29)15-4-7-26(8-5-15)19-3-2-14(12-23)10-17(19)22/h2-3,10-11,15H,4-9,13H2,1H3. The molecule has 1 aromatic carbocycles. The minimum absolute atomic E-state index is 0.0938. The molecule has 1 amide bonds. The van der Waals surface area contributed by atoms with E-state index in [4.69, 9.17) is 5.26 Å². The lowest BCUT2D eigenvalue weighted by Gasteiger charge is -2.36. The van der Waals surface area contributed by atoms with Gasteiger partial charge in [0.05, 0.1) is 23.0 Å². The number of anilines is 1. The Morgan fingerprint density at radius 2 is 2.00 bits per heavy atom. The van der Waals surface area contributed by atoms with Crippen LogP contribution in [0, 0.1) is 23.1 Å². The number of amides is 1. The molecule has 1 aromatic heterocycles. The minimum atomic E-state index is -0.407. The van der Waals surface area contributed by atoms with Crippen LogP contribution in [0.1, 0.15) is 29.7 Å². The van der Waals surface area contributed by atoms with E-state index in [0.29, 0.717) is 56.7 Å². The molecule has 4 rings (SSSR count). The van der Waals surface area contributed by atoms with Crippen molar-refractivity contribution in [3.05, 3.63) is 57.3 Å². The molecule has 1 saturated heterocycles. The van der Waals surface area contributed by atoms with Crippen LogP contribution in [0.3, 0.4) is 0 Å². The van der Waals surface area contributed by atoms with Gasteiger partial charge in [-0.25, -0.2) is 9.07 Å². The molecule has 0 bridgehead atoms. The van der Waals surface area contributed by atoms with Crippen LogP contribution < -0.4 is 10.5 Å². The van der Waals surface area contributed by atoms with Crippen LogP contribution in [-0.4, -0.2) is 40.2 Å². The maximum absolute atomic E-state index is 14.3. The van der Waals surface area contributed by atoms with E-state index in [1.807, 2.05) is 15.9 Å². The molecule has 29 heavy (non-hydrogen) atoms. The van der Waals surface area contributed by atoms with E-state index in [0.717, 1.165) is 11.3 Å². The third-order valence-electron chi connectivity index (χ3n) is 5.81. The van der Waals surface area contributed by atoms with Crippen molar-refractivity contribution in [1.82, 2.24) is 14.7 Å². The predicted octanol–water partition coefficient (Wildman–Crippen LogP) is 1.59. The summed E-state index contributed by atoms with van der Waals surface area (Å²) in [5.41, 5.74) is 2.30. The van der Waals surface area contributed by atoms with Gasteiger partial charge < -0.3 is 9.80 Å². The van der Waals surface area contributed by atoms with Crippen LogP contribution in [0.25, 0.3) is 0 Å². The second-order valence-electron chi connectivity index (χ2n) is 7.63. The fourth-order valence-electron chi connectivity index (χ4n) is 4.14. The summed E-state index contributed by atoms with van der Waals surface area (Å²) < 4.78 is 15.6. The van der Waals surface area contributed by atoms with Crippen LogP contribution in [0.15, 0.2) is 29.1 Å². The Morgan fingerprint density at radius 1 is 1.24 bits per heavy atom. The molecule has 0 aliphatic carbocycles. The van der Waals surface area contributed by atoms with Crippen LogP contribution in [0.2, 0.25) is 0 Å². The molecule has 3 heterocycles.